The number of rotatable bonds is 3. The molecule has 0 saturated carbocycles. The molecular weight excluding hydrogens is 320 g/mol. The van der Waals surface area contributed by atoms with Gasteiger partial charge < -0.3 is 19.5 Å². The van der Waals surface area contributed by atoms with Crippen molar-refractivity contribution in [2.75, 3.05) is 32.8 Å². The van der Waals surface area contributed by atoms with Gasteiger partial charge in [-0.1, -0.05) is 0 Å². The third kappa shape index (κ3) is 3.17. The first-order valence-corrected chi connectivity index (χ1v) is 9.32. The number of hydrogen-bond donors (Lipinski definition) is 1. The highest BCUT2D eigenvalue weighted by molar-refractivity contribution is 5.86. The number of H-pyrrole nitrogens is 1. The van der Waals surface area contributed by atoms with Gasteiger partial charge in [0.25, 0.3) is 0 Å². The molecule has 3 saturated heterocycles. The normalized spacial score (nSPS) is 28.1. The Kier molecular flexibility index (Phi) is 4.50. The predicted octanol–water partition coefficient (Wildman–Crippen LogP) is 0.972. The maximum atomic E-state index is 13.3. The van der Waals surface area contributed by atoms with Crippen molar-refractivity contribution in [3.05, 3.63) is 18.2 Å². The molecule has 1 aromatic heterocycles. The zero-order valence-corrected chi connectivity index (χ0v) is 14.6. The van der Waals surface area contributed by atoms with Gasteiger partial charge in [0.1, 0.15) is 0 Å². The van der Waals surface area contributed by atoms with E-state index in [0.717, 1.165) is 57.6 Å². The molecule has 7 heteroatoms. The van der Waals surface area contributed by atoms with Gasteiger partial charge in [-0.25, -0.2) is 4.98 Å². The van der Waals surface area contributed by atoms with Crippen LogP contribution in [0, 0.1) is 5.41 Å². The van der Waals surface area contributed by atoms with Gasteiger partial charge in [0, 0.05) is 50.8 Å². The molecule has 0 aromatic carbocycles. The lowest BCUT2D eigenvalue weighted by atomic mass is 9.77. The number of piperidine rings is 1. The second-order valence-electron chi connectivity index (χ2n) is 7.54. The van der Waals surface area contributed by atoms with Crippen molar-refractivity contribution in [1.82, 2.24) is 19.8 Å². The SMILES string of the molecule is O=C(Cc1cnc[nH]1)N1CCC2(CCCN(C3CCOCC3)C2=O)C1. The van der Waals surface area contributed by atoms with Gasteiger partial charge in [-0.05, 0) is 32.1 Å². The molecule has 4 heterocycles. The lowest BCUT2D eigenvalue weighted by molar-refractivity contribution is -0.150. The second kappa shape index (κ2) is 6.78. The van der Waals surface area contributed by atoms with Crippen LogP contribution in [0.5, 0.6) is 0 Å². The average Bonchev–Trinajstić information content (AvgIpc) is 3.29. The lowest BCUT2D eigenvalue weighted by Gasteiger charge is -2.44. The van der Waals surface area contributed by atoms with Crippen LogP contribution in [0.15, 0.2) is 12.5 Å². The Labute approximate surface area is 147 Å². The summed E-state index contributed by atoms with van der Waals surface area (Å²) in [6.45, 7) is 3.60. The van der Waals surface area contributed by atoms with E-state index in [1.54, 1.807) is 12.5 Å². The minimum Gasteiger partial charge on any atom is -0.381 e. The molecule has 136 valence electrons. The third-order valence-corrected chi connectivity index (χ3v) is 6.00. The number of likely N-dealkylation sites (tertiary alicyclic amines) is 2. The Hall–Kier alpha value is -1.89. The Morgan fingerprint density at radius 3 is 2.92 bits per heavy atom. The number of aromatic amines is 1. The van der Waals surface area contributed by atoms with Gasteiger partial charge in [0.15, 0.2) is 0 Å². The number of aromatic nitrogens is 2. The molecule has 0 aliphatic carbocycles. The summed E-state index contributed by atoms with van der Waals surface area (Å²) in [4.78, 5) is 36.7. The number of nitrogens with one attached hydrogen (secondary N) is 1. The minimum absolute atomic E-state index is 0.0807. The minimum atomic E-state index is -0.361. The lowest BCUT2D eigenvalue weighted by Crippen LogP contribution is -2.55. The Morgan fingerprint density at radius 1 is 1.32 bits per heavy atom. The molecule has 2 amide bonds. The van der Waals surface area contributed by atoms with Crippen LogP contribution in [0.3, 0.4) is 0 Å². The van der Waals surface area contributed by atoms with E-state index in [2.05, 4.69) is 14.9 Å². The van der Waals surface area contributed by atoms with Gasteiger partial charge in [-0.2, -0.15) is 0 Å². The highest BCUT2D eigenvalue weighted by Gasteiger charge is 2.50. The summed E-state index contributed by atoms with van der Waals surface area (Å²) in [7, 11) is 0. The largest absolute Gasteiger partial charge is 0.381 e. The van der Waals surface area contributed by atoms with E-state index < -0.39 is 0 Å². The third-order valence-electron chi connectivity index (χ3n) is 6.00. The highest BCUT2D eigenvalue weighted by atomic mass is 16.5. The van der Waals surface area contributed by atoms with Crippen molar-refractivity contribution in [3.8, 4) is 0 Å². The van der Waals surface area contributed by atoms with E-state index in [9.17, 15) is 9.59 Å². The first kappa shape index (κ1) is 16.6. The first-order chi connectivity index (χ1) is 12.2. The van der Waals surface area contributed by atoms with Crippen molar-refractivity contribution in [1.29, 1.82) is 0 Å². The number of hydrogen-bond acceptors (Lipinski definition) is 4. The summed E-state index contributed by atoms with van der Waals surface area (Å²) in [6.07, 6.45) is 8.20. The number of amides is 2. The molecule has 3 aliphatic rings. The summed E-state index contributed by atoms with van der Waals surface area (Å²) >= 11 is 0. The van der Waals surface area contributed by atoms with Crippen LogP contribution in [0.25, 0.3) is 0 Å². The van der Waals surface area contributed by atoms with Gasteiger partial charge in [-0.3, -0.25) is 9.59 Å². The standard InChI is InChI=1S/C18H26N4O3/c23-16(10-14-11-19-13-20-14)21-7-5-18(12-21)4-1-6-22(17(18)24)15-2-8-25-9-3-15/h11,13,15H,1-10,12H2,(H,19,20). The van der Waals surface area contributed by atoms with Gasteiger partial charge in [0.2, 0.25) is 11.8 Å². The van der Waals surface area contributed by atoms with Gasteiger partial charge >= 0.3 is 0 Å². The van der Waals surface area contributed by atoms with Crippen LogP contribution in [0.4, 0.5) is 0 Å². The smallest absolute Gasteiger partial charge is 0.230 e. The van der Waals surface area contributed by atoms with Gasteiger partial charge in [0.05, 0.1) is 18.2 Å². The number of imidazole rings is 1. The molecule has 1 N–H and O–H groups in total. The number of ether oxygens (including phenoxy) is 1. The molecule has 7 nitrogen and oxygen atoms in total. The second-order valence-corrected chi connectivity index (χ2v) is 7.54. The first-order valence-electron chi connectivity index (χ1n) is 9.32. The highest BCUT2D eigenvalue weighted by Crippen LogP contribution is 2.41. The van der Waals surface area contributed by atoms with E-state index in [-0.39, 0.29) is 17.2 Å². The van der Waals surface area contributed by atoms with Gasteiger partial charge in [-0.15, -0.1) is 0 Å². The fourth-order valence-electron chi connectivity index (χ4n) is 4.57. The fraction of sp³-hybridized carbons (Fsp3) is 0.722. The zero-order valence-electron chi connectivity index (χ0n) is 14.6. The Morgan fingerprint density at radius 2 is 2.16 bits per heavy atom. The number of carbonyl (C=O) groups is 2. The summed E-state index contributed by atoms with van der Waals surface area (Å²) < 4.78 is 5.44. The van der Waals surface area contributed by atoms with Crippen molar-refractivity contribution in [2.24, 2.45) is 5.41 Å². The Bertz CT molecular complexity index is 626. The van der Waals surface area contributed by atoms with Crippen molar-refractivity contribution >= 4 is 11.8 Å². The molecule has 1 unspecified atom stereocenters. The quantitative estimate of drug-likeness (QED) is 0.885. The summed E-state index contributed by atoms with van der Waals surface area (Å²) in [5.74, 6) is 0.347. The molecule has 3 aliphatic heterocycles. The summed E-state index contributed by atoms with van der Waals surface area (Å²) in [5.41, 5.74) is 0.463. The number of carbonyl (C=O) groups excluding carboxylic acids is 2. The van der Waals surface area contributed by atoms with Crippen molar-refractivity contribution < 1.29 is 14.3 Å². The Balaban J connectivity index is 1.42. The predicted molar refractivity (Wildman–Crippen MR) is 90.7 cm³/mol. The topological polar surface area (TPSA) is 78.5 Å². The molecule has 1 atom stereocenters. The maximum Gasteiger partial charge on any atom is 0.230 e. The van der Waals surface area contributed by atoms with Crippen LogP contribution in [-0.4, -0.2) is 70.5 Å². The average molecular weight is 346 g/mol. The molecule has 3 fully saturated rings. The molecule has 1 aromatic rings. The maximum absolute atomic E-state index is 13.3. The van der Waals surface area contributed by atoms with E-state index in [1.165, 1.54) is 0 Å². The van der Waals surface area contributed by atoms with E-state index >= 15 is 0 Å². The number of nitrogens with zero attached hydrogens (tertiary/aromatic N) is 3. The molecule has 1 spiro atoms. The molecule has 0 bridgehead atoms. The van der Waals surface area contributed by atoms with Crippen molar-refractivity contribution in [2.45, 2.75) is 44.6 Å². The summed E-state index contributed by atoms with van der Waals surface area (Å²) in [5, 5.41) is 0. The van der Waals surface area contributed by atoms with Crippen LogP contribution >= 0.6 is 0 Å². The van der Waals surface area contributed by atoms with Crippen molar-refractivity contribution in [3.63, 3.8) is 0 Å². The summed E-state index contributed by atoms with van der Waals surface area (Å²) in [6, 6.07) is 0.313. The van der Waals surface area contributed by atoms with E-state index in [4.69, 9.17) is 4.74 Å². The van der Waals surface area contributed by atoms with E-state index in [1.807, 2.05) is 4.90 Å². The fourth-order valence-corrected chi connectivity index (χ4v) is 4.57. The van der Waals surface area contributed by atoms with Crippen LogP contribution < -0.4 is 0 Å². The van der Waals surface area contributed by atoms with Crippen LogP contribution in [0.1, 0.15) is 37.8 Å². The molecule has 25 heavy (non-hydrogen) atoms. The van der Waals surface area contributed by atoms with Crippen LogP contribution in [0.2, 0.25) is 0 Å². The zero-order chi connectivity index (χ0) is 17.3. The van der Waals surface area contributed by atoms with Crippen LogP contribution in [-0.2, 0) is 20.7 Å². The molecular formula is C18H26N4O3. The molecule has 0 radical (unpaired) electrons. The van der Waals surface area contributed by atoms with E-state index in [0.29, 0.717) is 25.6 Å². The molecule has 4 rings (SSSR count). The monoisotopic (exact) mass is 346 g/mol.